The van der Waals surface area contributed by atoms with E-state index in [0.29, 0.717) is 15.7 Å². The number of benzene rings is 4. The molecule has 8 heteroatoms. The molecule has 178 valence electrons. The molecule has 0 fully saturated rings. The maximum atomic E-state index is 15.9. The molecule has 0 amide bonds. The number of hydrogen-bond donors (Lipinski definition) is 0. The molecule has 0 saturated heterocycles. The lowest BCUT2D eigenvalue weighted by Gasteiger charge is -2.21. The first-order valence-electron chi connectivity index (χ1n) is 10.6. The minimum atomic E-state index is -0.921. The van der Waals surface area contributed by atoms with E-state index >= 15 is 4.39 Å². The third-order valence-electron chi connectivity index (χ3n) is 5.24. The van der Waals surface area contributed by atoms with Gasteiger partial charge in [0.15, 0.2) is 17.3 Å². The van der Waals surface area contributed by atoms with E-state index in [1.54, 1.807) is 48.5 Å². The van der Waals surface area contributed by atoms with Crippen molar-refractivity contribution in [3.8, 4) is 35.1 Å². The molecule has 36 heavy (non-hydrogen) atoms. The van der Waals surface area contributed by atoms with E-state index in [2.05, 4.69) is 0 Å². The molecule has 4 aromatic rings. The minimum Gasteiger partial charge on any atom is -0.451 e. The first kappa shape index (κ1) is 25.4. The Morgan fingerprint density at radius 3 is 1.94 bits per heavy atom. The molecule has 0 atom stereocenters. The van der Waals surface area contributed by atoms with E-state index in [-0.39, 0.29) is 32.7 Å². The van der Waals surface area contributed by atoms with Gasteiger partial charge in [-0.05, 0) is 49.2 Å². The number of ether oxygens (including phenoxy) is 2. The lowest BCUT2D eigenvalue weighted by atomic mass is 10.1. The van der Waals surface area contributed by atoms with Crippen LogP contribution in [-0.4, -0.2) is 0 Å². The average Bonchev–Trinajstić information content (AvgIpc) is 2.86. The molecule has 0 radical (unpaired) electrons. The summed E-state index contributed by atoms with van der Waals surface area (Å²) in [7, 11) is 0. The van der Waals surface area contributed by atoms with Gasteiger partial charge in [-0.25, -0.2) is 4.39 Å². The quantitative estimate of drug-likeness (QED) is 0.246. The Kier molecular flexibility index (Phi) is 7.72. The van der Waals surface area contributed by atoms with Crippen molar-refractivity contribution in [3.05, 3.63) is 105 Å². The van der Waals surface area contributed by atoms with Crippen LogP contribution in [0.1, 0.15) is 22.3 Å². The summed E-state index contributed by atoms with van der Waals surface area (Å²) in [6.07, 6.45) is 0. The fourth-order valence-electron chi connectivity index (χ4n) is 3.48. The van der Waals surface area contributed by atoms with Crippen molar-refractivity contribution in [2.24, 2.45) is 0 Å². The average molecular weight is 535 g/mol. The molecule has 0 aromatic heterocycles. The second kappa shape index (κ2) is 10.9. The van der Waals surface area contributed by atoms with Crippen LogP contribution in [0, 0.1) is 42.3 Å². The van der Waals surface area contributed by atoms with Crippen molar-refractivity contribution in [1.82, 2.24) is 0 Å². The number of nitrogens with zero attached hydrogens (tertiary/aromatic N) is 2. The fourth-order valence-corrected chi connectivity index (χ4v) is 4.86. The van der Waals surface area contributed by atoms with E-state index in [4.69, 9.17) is 32.7 Å². The second-order valence-electron chi connectivity index (χ2n) is 7.66. The summed E-state index contributed by atoms with van der Waals surface area (Å²) in [5.74, 6) is -0.428. The Labute approximate surface area is 222 Å². The molecule has 0 heterocycles. The van der Waals surface area contributed by atoms with Crippen LogP contribution in [0.4, 0.5) is 4.39 Å². The van der Waals surface area contributed by atoms with Crippen molar-refractivity contribution in [1.29, 1.82) is 10.5 Å². The zero-order valence-electron chi connectivity index (χ0n) is 19.1. The Morgan fingerprint density at radius 2 is 1.33 bits per heavy atom. The molecule has 4 rings (SSSR count). The van der Waals surface area contributed by atoms with Gasteiger partial charge in [-0.1, -0.05) is 77.4 Å². The Balaban J connectivity index is 2.05. The van der Waals surface area contributed by atoms with Gasteiger partial charge in [-0.2, -0.15) is 10.5 Å². The Bertz CT molecular complexity index is 1540. The molecule has 0 unspecified atom stereocenters. The highest BCUT2D eigenvalue weighted by Crippen LogP contribution is 2.51. The molecular formula is C28H17Cl2FN2O2S. The maximum Gasteiger partial charge on any atom is 0.190 e. The molecule has 4 aromatic carbocycles. The van der Waals surface area contributed by atoms with Crippen LogP contribution < -0.4 is 9.47 Å². The van der Waals surface area contributed by atoms with E-state index in [0.717, 1.165) is 22.9 Å². The number of aryl methyl sites for hydroxylation is 2. The molecule has 0 aliphatic rings. The molecule has 0 saturated carbocycles. The maximum absolute atomic E-state index is 15.9. The standard InChI is InChI=1S/C28H17Cl2FN2O2S/c1-16-8-7-9-17(2)25(16)35-26-19(15-33)18(14-32)24(31)28(36-23-13-6-4-11-21(23)30)27(26)34-22-12-5-3-10-20(22)29/h3-13H,1-2H3. The van der Waals surface area contributed by atoms with Crippen molar-refractivity contribution in [2.75, 3.05) is 0 Å². The zero-order chi connectivity index (χ0) is 25.8. The normalized spacial score (nSPS) is 10.4. The summed E-state index contributed by atoms with van der Waals surface area (Å²) in [5, 5.41) is 20.4. The van der Waals surface area contributed by atoms with Gasteiger partial charge in [0.25, 0.3) is 0 Å². The van der Waals surface area contributed by atoms with Gasteiger partial charge >= 0.3 is 0 Å². The van der Waals surface area contributed by atoms with Gasteiger partial charge in [0.05, 0.1) is 14.9 Å². The molecular weight excluding hydrogens is 518 g/mol. The van der Waals surface area contributed by atoms with E-state index < -0.39 is 11.4 Å². The number of rotatable bonds is 6. The summed E-state index contributed by atoms with van der Waals surface area (Å²) in [6.45, 7) is 3.69. The van der Waals surface area contributed by atoms with Crippen molar-refractivity contribution >= 4 is 35.0 Å². The number of hydrogen-bond acceptors (Lipinski definition) is 5. The Morgan fingerprint density at radius 1 is 0.722 bits per heavy atom. The van der Waals surface area contributed by atoms with Gasteiger partial charge in [0.2, 0.25) is 0 Å². The zero-order valence-corrected chi connectivity index (χ0v) is 21.4. The predicted molar refractivity (Wildman–Crippen MR) is 139 cm³/mol. The second-order valence-corrected chi connectivity index (χ2v) is 9.53. The van der Waals surface area contributed by atoms with E-state index in [1.165, 1.54) is 0 Å². The monoisotopic (exact) mass is 534 g/mol. The SMILES string of the molecule is Cc1cccc(C)c1Oc1c(C#N)c(C#N)c(F)c(Sc2ccccc2Cl)c1Oc1ccccc1Cl. The summed E-state index contributed by atoms with van der Waals surface area (Å²) in [6, 6.07) is 22.8. The van der Waals surface area contributed by atoms with Crippen molar-refractivity contribution in [2.45, 2.75) is 23.6 Å². The van der Waals surface area contributed by atoms with Gasteiger partial charge < -0.3 is 9.47 Å². The highest BCUT2D eigenvalue weighted by Gasteiger charge is 2.30. The molecule has 0 spiro atoms. The number of halogens is 3. The van der Waals surface area contributed by atoms with Gasteiger partial charge in [-0.3, -0.25) is 0 Å². The number of nitriles is 2. The topological polar surface area (TPSA) is 66.0 Å². The highest BCUT2D eigenvalue weighted by molar-refractivity contribution is 7.99. The highest BCUT2D eigenvalue weighted by atomic mass is 35.5. The largest absolute Gasteiger partial charge is 0.451 e. The van der Waals surface area contributed by atoms with Crippen LogP contribution in [0.3, 0.4) is 0 Å². The van der Waals surface area contributed by atoms with Crippen LogP contribution in [0.25, 0.3) is 0 Å². The summed E-state index contributed by atoms with van der Waals surface area (Å²) in [5.41, 5.74) is 0.819. The molecule has 0 aliphatic heterocycles. The van der Waals surface area contributed by atoms with Gasteiger partial charge in [0, 0.05) is 4.90 Å². The minimum absolute atomic E-state index is 0.0696. The molecule has 4 nitrogen and oxygen atoms in total. The van der Waals surface area contributed by atoms with Crippen LogP contribution in [-0.2, 0) is 0 Å². The van der Waals surface area contributed by atoms with Gasteiger partial charge in [-0.15, -0.1) is 0 Å². The van der Waals surface area contributed by atoms with E-state index in [9.17, 15) is 10.5 Å². The van der Waals surface area contributed by atoms with E-state index in [1.807, 2.05) is 44.2 Å². The van der Waals surface area contributed by atoms with Crippen LogP contribution in [0.15, 0.2) is 76.5 Å². The summed E-state index contributed by atoms with van der Waals surface area (Å²) >= 11 is 13.7. The lowest BCUT2D eigenvalue weighted by Crippen LogP contribution is -2.04. The molecule has 0 bridgehead atoms. The van der Waals surface area contributed by atoms with Crippen LogP contribution in [0.5, 0.6) is 23.0 Å². The van der Waals surface area contributed by atoms with Crippen LogP contribution in [0.2, 0.25) is 10.0 Å². The summed E-state index contributed by atoms with van der Waals surface area (Å²) < 4.78 is 28.3. The van der Waals surface area contributed by atoms with Crippen molar-refractivity contribution < 1.29 is 13.9 Å². The first-order chi connectivity index (χ1) is 17.3. The third kappa shape index (κ3) is 4.98. The molecule has 0 N–H and O–H groups in total. The lowest BCUT2D eigenvalue weighted by molar-refractivity contribution is 0.399. The third-order valence-corrected chi connectivity index (χ3v) is 7.14. The van der Waals surface area contributed by atoms with Crippen LogP contribution >= 0.6 is 35.0 Å². The first-order valence-corrected chi connectivity index (χ1v) is 12.2. The molecule has 0 aliphatic carbocycles. The fraction of sp³-hybridized carbons (Fsp3) is 0.0714. The Hall–Kier alpha value is -3.68. The van der Waals surface area contributed by atoms with Crippen molar-refractivity contribution in [3.63, 3.8) is 0 Å². The predicted octanol–water partition coefficient (Wildman–Crippen LogP) is 9.23. The van der Waals surface area contributed by atoms with Gasteiger partial charge in [0.1, 0.15) is 34.8 Å². The number of para-hydroxylation sites is 2. The smallest absolute Gasteiger partial charge is 0.190 e. The summed E-state index contributed by atoms with van der Waals surface area (Å²) in [4.78, 5) is 0.452.